The Bertz CT molecular complexity index is 168. The second-order valence-corrected chi connectivity index (χ2v) is 2.14. The summed E-state index contributed by atoms with van der Waals surface area (Å²) in [7, 11) is 0. The highest BCUT2D eigenvalue weighted by Crippen LogP contribution is 1.86. The van der Waals surface area contributed by atoms with E-state index in [-0.39, 0.29) is 0 Å². The van der Waals surface area contributed by atoms with E-state index < -0.39 is 0 Å². The molecule has 0 radical (unpaired) electrons. The minimum Gasteiger partial charge on any atom is -0.0914 e. The summed E-state index contributed by atoms with van der Waals surface area (Å²) >= 11 is 0. The molecule has 0 aliphatic heterocycles. The summed E-state index contributed by atoms with van der Waals surface area (Å²) < 4.78 is 0. The molecule has 0 saturated heterocycles. The van der Waals surface area contributed by atoms with Crippen LogP contribution in [0.4, 0.5) is 0 Å². The fraction of sp³-hybridized carbons (Fsp3) is 0.273. The quantitative estimate of drug-likeness (QED) is 0.422. The molecule has 0 unspecified atom stereocenters. The van der Waals surface area contributed by atoms with Crippen LogP contribution in [0.2, 0.25) is 0 Å². The second-order valence-electron chi connectivity index (χ2n) is 2.14. The summed E-state index contributed by atoms with van der Waals surface area (Å²) in [5, 5.41) is 0. The Morgan fingerprint density at radius 1 is 0.727 bits per heavy atom. The van der Waals surface area contributed by atoms with Crippen LogP contribution >= 0.6 is 0 Å². The predicted octanol–water partition coefficient (Wildman–Crippen LogP) is 3.64. The molecule has 0 N–H and O–H groups in total. The number of rotatable bonds is 4. The summed E-state index contributed by atoms with van der Waals surface area (Å²) in [5.74, 6) is 0. The molecule has 0 amide bonds. The van der Waals surface area contributed by atoms with E-state index in [2.05, 4.69) is 24.3 Å². The standard InChI is InChI=1S/C11H16/c1-3-5-7-9-11-10-8-6-4-2/h3-7,9-11H,8H2,1-2H3/b5-3+,6-4+,9-7+,11-10+. The Labute approximate surface area is 69.6 Å². The fourth-order valence-corrected chi connectivity index (χ4v) is 0.611. The highest BCUT2D eigenvalue weighted by atomic mass is 13.7. The Balaban J connectivity index is 3.43. The Morgan fingerprint density at radius 3 is 2.09 bits per heavy atom. The number of allylic oxidation sites excluding steroid dienone is 8. The molecule has 0 atom stereocenters. The van der Waals surface area contributed by atoms with Crippen molar-refractivity contribution in [2.75, 3.05) is 0 Å². The van der Waals surface area contributed by atoms with E-state index in [9.17, 15) is 0 Å². The maximum atomic E-state index is 2.12. The van der Waals surface area contributed by atoms with Crippen LogP contribution < -0.4 is 0 Å². The minimum atomic E-state index is 1.02. The smallest absolute Gasteiger partial charge is 0.0166 e. The summed E-state index contributed by atoms with van der Waals surface area (Å²) in [6.45, 7) is 4.04. The van der Waals surface area contributed by atoms with Crippen molar-refractivity contribution >= 4 is 0 Å². The Hall–Kier alpha value is -1.04. The zero-order chi connectivity index (χ0) is 8.36. The van der Waals surface area contributed by atoms with Crippen molar-refractivity contribution in [1.29, 1.82) is 0 Å². The third-order valence-electron chi connectivity index (χ3n) is 1.17. The zero-order valence-electron chi connectivity index (χ0n) is 7.33. The van der Waals surface area contributed by atoms with Gasteiger partial charge in [-0.2, -0.15) is 0 Å². The van der Waals surface area contributed by atoms with Crippen LogP contribution in [0.1, 0.15) is 20.3 Å². The van der Waals surface area contributed by atoms with Gasteiger partial charge in [-0.3, -0.25) is 0 Å². The highest BCUT2D eigenvalue weighted by molar-refractivity contribution is 5.11. The van der Waals surface area contributed by atoms with Gasteiger partial charge in [-0.1, -0.05) is 48.6 Å². The van der Waals surface area contributed by atoms with E-state index >= 15 is 0 Å². The van der Waals surface area contributed by atoms with Gasteiger partial charge in [0.1, 0.15) is 0 Å². The summed E-state index contributed by atoms with van der Waals surface area (Å²) in [6, 6.07) is 0. The summed E-state index contributed by atoms with van der Waals surface area (Å²) in [5.41, 5.74) is 0. The fourth-order valence-electron chi connectivity index (χ4n) is 0.611. The topological polar surface area (TPSA) is 0 Å². The molecular formula is C11H16. The van der Waals surface area contributed by atoms with Crippen LogP contribution in [0.5, 0.6) is 0 Å². The Kier molecular flexibility index (Phi) is 8.11. The summed E-state index contributed by atoms with van der Waals surface area (Å²) in [4.78, 5) is 0. The zero-order valence-corrected chi connectivity index (χ0v) is 7.33. The highest BCUT2D eigenvalue weighted by Gasteiger charge is 1.65. The third-order valence-corrected chi connectivity index (χ3v) is 1.17. The lowest BCUT2D eigenvalue weighted by atomic mass is 10.3. The molecule has 0 bridgehead atoms. The molecule has 60 valence electrons. The van der Waals surface area contributed by atoms with Gasteiger partial charge in [0.25, 0.3) is 0 Å². The monoisotopic (exact) mass is 148 g/mol. The average molecular weight is 148 g/mol. The van der Waals surface area contributed by atoms with E-state index in [4.69, 9.17) is 0 Å². The van der Waals surface area contributed by atoms with E-state index in [1.54, 1.807) is 0 Å². The largest absolute Gasteiger partial charge is 0.0914 e. The average Bonchev–Trinajstić information content (AvgIpc) is 2.03. The first-order chi connectivity index (χ1) is 5.41. The first kappa shape index (κ1) is 9.96. The number of hydrogen-bond donors (Lipinski definition) is 0. The molecule has 11 heavy (non-hydrogen) atoms. The van der Waals surface area contributed by atoms with E-state index in [0.717, 1.165) is 6.42 Å². The van der Waals surface area contributed by atoms with E-state index in [1.165, 1.54) is 0 Å². The third kappa shape index (κ3) is 8.96. The number of hydrogen-bond acceptors (Lipinski definition) is 0. The van der Waals surface area contributed by atoms with Crippen LogP contribution in [-0.2, 0) is 0 Å². The van der Waals surface area contributed by atoms with Crippen molar-refractivity contribution in [3.8, 4) is 0 Å². The van der Waals surface area contributed by atoms with Gasteiger partial charge in [0, 0.05) is 0 Å². The van der Waals surface area contributed by atoms with Gasteiger partial charge >= 0.3 is 0 Å². The van der Waals surface area contributed by atoms with Crippen LogP contribution in [0.3, 0.4) is 0 Å². The first-order valence-corrected chi connectivity index (χ1v) is 3.97. The molecule has 0 aromatic carbocycles. The molecular weight excluding hydrogens is 132 g/mol. The van der Waals surface area contributed by atoms with Crippen LogP contribution in [0.25, 0.3) is 0 Å². The van der Waals surface area contributed by atoms with Crippen molar-refractivity contribution in [1.82, 2.24) is 0 Å². The second kappa shape index (κ2) is 8.96. The van der Waals surface area contributed by atoms with E-state index in [0.29, 0.717) is 0 Å². The lowest BCUT2D eigenvalue weighted by Crippen LogP contribution is -1.55. The van der Waals surface area contributed by atoms with Crippen molar-refractivity contribution in [3.05, 3.63) is 48.6 Å². The van der Waals surface area contributed by atoms with Crippen molar-refractivity contribution < 1.29 is 0 Å². The van der Waals surface area contributed by atoms with Gasteiger partial charge in [0.15, 0.2) is 0 Å². The predicted molar refractivity (Wildman–Crippen MR) is 52.5 cm³/mol. The van der Waals surface area contributed by atoms with Gasteiger partial charge in [-0.05, 0) is 20.3 Å². The minimum absolute atomic E-state index is 1.02. The SMILES string of the molecule is C/C=C/C=C/C=C/C/C=C/C. The molecule has 0 aromatic rings. The van der Waals surface area contributed by atoms with Crippen molar-refractivity contribution in [3.63, 3.8) is 0 Å². The molecule has 0 spiro atoms. The maximum absolute atomic E-state index is 2.12. The van der Waals surface area contributed by atoms with Gasteiger partial charge in [0.2, 0.25) is 0 Å². The van der Waals surface area contributed by atoms with Gasteiger partial charge in [-0.25, -0.2) is 0 Å². The van der Waals surface area contributed by atoms with Crippen LogP contribution in [0.15, 0.2) is 48.6 Å². The van der Waals surface area contributed by atoms with Crippen molar-refractivity contribution in [2.45, 2.75) is 20.3 Å². The van der Waals surface area contributed by atoms with Gasteiger partial charge in [0.05, 0.1) is 0 Å². The summed E-state index contributed by atoms with van der Waals surface area (Å²) in [6.07, 6.45) is 17.5. The molecule has 0 rings (SSSR count). The molecule has 0 saturated carbocycles. The molecule has 0 aliphatic rings. The lowest BCUT2D eigenvalue weighted by Gasteiger charge is -1.76. The maximum Gasteiger partial charge on any atom is -0.0166 e. The lowest BCUT2D eigenvalue weighted by molar-refractivity contribution is 1.38. The normalized spacial score (nSPS) is 13.3. The van der Waals surface area contributed by atoms with E-state index in [1.807, 2.05) is 38.2 Å². The van der Waals surface area contributed by atoms with Crippen molar-refractivity contribution in [2.24, 2.45) is 0 Å². The molecule has 0 fully saturated rings. The molecule has 0 aromatic heterocycles. The van der Waals surface area contributed by atoms with Crippen LogP contribution in [0, 0.1) is 0 Å². The first-order valence-electron chi connectivity index (χ1n) is 3.97. The van der Waals surface area contributed by atoms with Gasteiger partial charge < -0.3 is 0 Å². The molecule has 0 aliphatic carbocycles. The Morgan fingerprint density at radius 2 is 1.45 bits per heavy atom. The molecule has 0 heterocycles. The van der Waals surface area contributed by atoms with Crippen LogP contribution in [-0.4, -0.2) is 0 Å². The van der Waals surface area contributed by atoms with Gasteiger partial charge in [-0.15, -0.1) is 0 Å². The molecule has 0 heteroatoms. The molecule has 0 nitrogen and oxygen atoms in total.